The lowest BCUT2D eigenvalue weighted by atomic mass is 10.0. The Labute approximate surface area is 127 Å². The molecule has 1 saturated carbocycles. The van der Waals surface area contributed by atoms with Gasteiger partial charge in [-0.15, -0.1) is 0 Å². The summed E-state index contributed by atoms with van der Waals surface area (Å²) in [7, 11) is 0. The van der Waals surface area contributed by atoms with E-state index in [1.165, 1.54) is 6.07 Å². The molecule has 0 radical (unpaired) electrons. The van der Waals surface area contributed by atoms with Crippen molar-refractivity contribution in [2.75, 3.05) is 11.9 Å². The third-order valence-corrected chi connectivity index (χ3v) is 4.22. The maximum absolute atomic E-state index is 13.1. The van der Waals surface area contributed by atoms with Gasteiger partial charge in [0, 0.05) is 17.8 Å². The average molecular weight is 316 g/mol. The first-order valence-electron chi connectivity index (χ1n) is 7.02. The van der Waals surface area contributed by atoms with Crippen LogP contribution in [0, 0.1) is 5.41 Å². The van der Waals surface area contributed by atoms with E-state index in [1.807, 2.05) is 0 Å². The molecule has 2 rings (SSSR count). The van der Waals surface area contributed by atoms with Gasteiger partial charge in [-0.2, -0.15) is 13.2 Å². The SMILES string of the molecule is CCCC1(CNc2ccc(C(N)=S)c(C(F)(F)F)c2)CC1. The monoisotopic (exact) mass is 316 g/mol. The normalized spacial score (nSPS) is 16.6. The van der Waals surface area contributed by atoms with Crippen molar-refractivity contribution < 1.29 is 13.2 Å². The highest BCUT2D eigenvalue weighted by molar-refractivity contribution is 7.80. The van der Waals surface area contributed by atoms with Gasteiger partial charge < -0.3 is 11.1 Å². The number of nitrogens with two attached hydrogens (primary N) is 1. The Morgan fingerprint density at radius 3 is 2.52 bits per heavy atom. The number of nitrogens with one attached hydrogen (secondary N) is 1. The van der Waals surface area contributed by atoms with Crippen LogP contribution in [0.2, 0.25) is 0 Å². The van der Waals surface area contributed by atoms with E-state index in [1.54, 1.807) is 6.07 Å². The molecule has 0 aliphatic heterocycles. The Morgan fingerprint density at radius 2 is 2.05 bits per heavy atom. The number of benzene rings is 1. The standard InChI is InChI=1S/C15H19F3N2S/c1-2-5-14(6-7-14)9-20-10-3-4-11(13(19)21)12(8-10)15(16,17)18/h3-4,8,20H,2,5-7,9H2,1H3,(H2,19,21). The number of anilines is 1. The summed E-state index contributed by atoms with van der Waals surface area (Å²) in [5, 5.41) is 3.13. The van der Waals surface area contributed by atoms with Crippen LogP contribution < -0.4 is 11.1 Å². The Morgan fingerprint density at radius 1 is 1.38 bits per heavy atom. The molecule has 0 unspecified atom stereocenters. The summed E-state index contributed by atoms with van der Waals surface area (Å²) >= 11 is 4.69. The molecule has 21 heavy (non-hydrogen) atoms. The van der Waals surface area contributed by atoms with Crippen LogP contribution in [0.5, 0.6) is 0 Å². The third kappa shape index (κ3) is 3.87. The van der Waals surface area contributed by atoms with E-state index in [0.717, 1.165) is 31.7 Å². The first kappa shape index (κ1) is 16.1. The van der Waals surface area contributed by atoms with Crippen molar-refractivity contribution >= 4 is 22.9 Å². The maximum Gasteiger partial charge on any atom is 0.417 e. The fourth-order valence-electron chi connectivity index (χ4n) is 2.62. The van der Waals surface area contributed by atoms with Gasteiger partial charge in [0.1, 0.15) is 4.99 Å². The molecule has 1 aromatic rings. The minimum atomic E-state index is -4.46. The fraction of sp³-hybridized carbons (Fsp3) is 0.533. The largest absolute Gasteiger partial charge is 0.417 e. The van der Waals surface area contributed by atoms with E-state index >= 15 is 0 Å². The second kappa shape index (κ2) is 5.83. The average Bonchev–Trinajstić information content (AvgIpc) is 3.16. The van der Waals surface area contributed by atoms with Crippen LogP contribution in [0.25, 0.3) is 0 Å². The van der Waals surface area contributed by atoms with Crippen molar-refractivity contribution in [3.05, 3.63) is 29.3 Å². The van der Waals surface area contributed by atoms with Crippen LogP contribution in [0.1, 0.15) is 43.7 Å². The van der Waals surface area contributed by atoms with Crippen LogP contribution in [-0.4, -0.2) is 11.5 Å². The summed E-state index contributed by atoms with van der Waals surface area (Å²) < 4.78 is 39.2. The molecule has 0 amide bonds. The lowest BCUT2D eigenvalue weighted by molar-refractivity contribution is -0.137. The maximum atomic E-state index is 13.1. The van der Waals surface area contributed by atoms with Gasteiger partial charge in [0.15, 0.2) is 0 Å². The Kier molecular flexibility index (Phi) is 4.46. The van der Waals surface area contributed by atoms with Crippen molar-refractivity contribution in [2.24, 2.45) is 11.1 Å². The topological polar surface area (TPSA) is 38.0 Å². The highest BCUT2D eigenvalue weighted by atomic mass is 32.1. The minimum absolute atomic E-state index is 0.127. The van der Waals surface area contributed by atoms with Crippen LogP contribution >= 0.6 is 12.2 Å². The summed E-state index contributed by atoms with van der Waals surface area (Å²) in [5.41, 5.74) is 5.20. The molecule has 2 nitrogen and oxygen atoms in total. The summed E-state index contributed by atoms with van der Waals surface area (Å²) in [4.78, 5) is -0.237. The Balaban J connectivity index is 2.16. The van der Waals surface area contributed by atoms with Crippen molar-refractivity contribution in [3.63, 3.8) is 0 Å². The second-order valence-electron chi connectivity index (χ2n) is 5.73. The van der Waals surface area contributed by atoms with Gasteiger partial charge in [0.25, 0.3) is 0 Å². The molecular weight excluding hydrogens is 297 g/mol. The molecule has 3 N–H and O–H groups in total. The molecule has 0 saturated heterocycles. The summed E-state index contributed by atoms with van der Waals surface area (Å²) in [5.74, 6) is 0. The highest BCUT2D eigenvalue weighted by Crippen LogP contribution is 2.49. The van der Waals surface area contributed by atoms with E-state index < -0.39 is 11.7 Å². The lowest BCUT2D eigenvalue weighted by Gasteiger charge is -2.18. The van der Waals surface area contributed by atoms with Gasteiger partial charge in [-0.1, -0.05) is 25.6 Å². The summed E-state index contributed by atoms with van der Waals surface area (Å²) in [6.45, 7) is 2.84. The van der Waals surface area contributed by atoms with E-state index in [2.05, 4.69) is 24.5 Å². The quantitative estimate of drug-likeness (QED) is 0.767. The Bertz CT molecular complexity index is 536. The van der Waals surface area contributed by atoms with E-state index in [0.29, 0.717) is 12.2 Å². The number of thiocarbonyl (C=S) groups is 1. The second-order valence-corrected chi connectivity index (χ2v) is 6.17. The van der Waals surface area contributed by atoms with E-state index in [4.69, 9.17) is 5.73 Å². The molecule has 6 heteroatoms. The predicted octanol–water partition coefficient (Wildman–Crippen LogP) is 4.33. The van der Waals surface area contributed by atoms with Gasteiger partial charge >= 0.3 is 6.18 Å². The third-order valence-electron chi connectivity index (χ3n) is 4.00. The smallest absolute Gasteiger partial charge is 0.389 e. The van der Waals surface area contributed by atoms with Crippen molar-refractivity contribution in [2.45, 2.75) is 38.8 Å². The number of hydrogen-bond donors (Lipinski definition) is 2. The predicted molar refractivity (Wildman–Crippen MR) is 82.4 cm³/mol. The van der Waals surface area contributed by atoms with Crippen LogP contribution in [0.3, 0.4) is 0 Å². The molecule has 116 valence electrons. The number of alkyl halides is 3. The Hall–Kier alpha value is -1.30. The van der Waals surface area contributed by atoms with Gasteiger partial charge in [-0.05, 0) is 42.9 Å². The molecule has 0 atom stereocenters. The molecule has 1 aliphatic carbocycles. The zero-order chi connectivity index (χ0) is 15.7. The molecule has 1 fully saturated rings. The highest BCUT2D eigenvalue weighted by Gasteiger charge is 2.41. The molecule has 1 aliphatic rings. The van der Waals surface area contributed by atoms with Gasteiger partial charge in [-0.3, -0.25) is 0 Å². The first-order valence-corrected chi connectivity index (χ1v) is 7.43. The summed E-state index contributed by atoms with van der Waals surface area (Å²) in [6, 6.07) is 4.04. The van der Waals surface area contributed by atoms with Gasteiger partial charge in [0.2, 0.25) is 0 Å². The van der Waals surface area contributed by atoms with Crippen LogP contribution in [0.15, 0.2) is 18.2 Å². The number of hydrogen-bond acceptors (Lipinski definition) is 2. The molecule has 0 spiro atoms. The van der Waals surface area contributed by atoms with Crippen molar-refractivity contribution in [3.8, 4) is 0 Å². The number of halogens is 3. The van der Waals surface area contributed by atoms with Crippen molar-refractivity contribution in [1.29, 1.82) is 0 Å². The zero-order valence-corrected chi connectivity index (χ0v) is 12.7. The van der Waals surface area contributed by atoms with E-state index in [9.17, 15) is 13.2 Å². The van der Waals surface area contributed by atoms with E-state index in [-0.39, 0.29) is 16.0 Å². The van der Waals surface area contributed by atoms with Gasteiger partial charge in [-0.25, -0.2) is 0 Å². The van der Waals surface area contributed by atoms with Crippen LogP contribution in [0.4, 0.5) is 18.9 Å². The molecule has 0 aromatic heterocycles. The minimum Gasteiger partial charge on any atom is -0.389 e. The molecule has 0 bridgehead atoms. The molecule has 1 aromatic carbocycles. The zero-order valence-electron chi connectivity index (χ0n) is 11.9. The molecular formula is C15H19F3N2S. The summed E-state index contributed by atoms with van der Waals surface area (Å²) in [6.07, 6.45) is 0.0278. The lowest BCUT2D eigenvalue weighted by Crippen LogP contribution is -2.19. The molecule has 0 heterocycles. The first-order chi connectivity index (χ1) is 9.77. The van der Waals surface area contributed by atoms with Crippen LogP contribution in [-0.2, 0) is 6.18 Å². The van der Waals surface area contributed by atoms with Crippen molar-refractivity contribution in [1.82, 2.24) is 0 Å². The van der Waals surface area contributed by atoms with Gasteiger partial charge in [0.05, 0.1) is 5.56 Å². The number of rotatable bonds is 6. The fourth-order valence-corrected chi connectivity index (χ4v) is 2.79.